The summed E-state index contributed by atoms with van der Waals surface area (Å²) in [7, 11) is 3.29. The second-order valence-corrected chi connectivity index (χ2v) is 8.70. The Morgan fingerprint density at radius 1 is 1.03 bits per heavy atom. The fourth-order valence-corrected chi connectivity index (χ4v) is 4.84. The van der Waals surface area contributed by atoms with Crippen LogP contribution in [0.25, 0.3) is 0 Å². The fourth-order valence-electron chi connectivity index (χ4n) is 4.84. The van der Waals surface area contributed by atoms with Crippen molar-refractivity contribution in [2.24, 2.45) is 5.92 Å². The summed E-state index contributed by atoms with van der Waals surface area (Å²) in [5.41, 5.74) is 1.88. The molecule has 2 aliphatic heterocycles. The van der Waals surface area contributed by atoms with Crippen LogP contribution in [0.2, 0.25) is 0 Å². The molecule has 176 valence electrons. The number of benzene rings is 2. The number of likely N-dealkylation sites (tertiary alicyclic amines) is 1. The van der Waals surface area contributed by atoms with E-state index in [0.717, 1.165) is 48.7 Å². The second-order valence-electron chi connectivity index (χ2n) is 8.70. The van der Waals surface area contributed by atoms with E-state index in [1.54, 1.807) is 19.1 Å². The number of nitrogens with one attached hydrogen (secondary N) is 1. The number of rotatable bonds is 8. The van der Waals surface area contributed by atoms with Crippen molar-refractivity contribution in [1.82, 2.24) is 10.2 Å². The van der Waals surface area contributed by atoms with Gasteiger partial charge in [0.05, 0.1) is 26.2 Å². The summed E-state index contributed by atoms with van der Waals surface area (Å²) in [4.78, 5) is 29.8. The van der Waals surface area contributed by atoms with E-state index in [2.05, 4.69) is 16.3 Å². The molecule has 2 saturated heterocycles. The maximum atomic E-state index is 13.1. The van der Waals surface area contributed by atoms with Crippen LogP contribution >= 0.6 is 0 Å². The molecule has 2 heterocycles. The Balaban J connectivity index is 1.43. The lowest BCUT2D eigenvalue weighted by Gasteiger charge is -2.35. The summed E-state index contributed by atoms with van der Waals surface area (Å²) in [6.45, 7) is 2.89. The van der Waals surface area contributed by atoms with Crippen molar-refractivity contribution in [1.29, 1.82) is 0 Å². The molecular weight excluding hydrogens is 418 g/mol. The molecule has 2 atom stereocenters. The largest absolute Gasteiger partial charge is 0.497 e. The van der Waals surface area contributed by atoms with Crippen molar-refractivity contribution in [2.45, 2.75) is 31.7 Å². The zero-order chi connectivity index (χ0) is 23.2. The molecule has 7 heteroatoms. The number of methoxy groups -OCH3 is 2. The first-order valence-electron chi connectivity index (χ1n) is 11.7. The first kappa shape index (κ1) is 23.1. The molecule has 1 N–H and O–H groups in total. The van der Waals surface area contributed by atoms with E-state index in [0.29, 0.717) is 13.1 Å². The van der Waals surface area contributed by atoms with Crippen molar-refractivity contribution in [3.8, 4) is 11.5 Å². The number of ether oxygens (including phenoxy) is 2. The van der Waals surface area contributed by atoms with E-state index >= 15 is 0 Å². The molecule has 33 heavy (non-hydrogen) atoms. The lowest BCUT2D eigenvalue weighted by Crippen LogP contribution is -2.42. The molecule has 4 rings (SSSR count). The molecule has 2 fully saturated rings. The molecular formula is C26H33N3O4. The molecule has 7 nitrogen and oxygen atoms in total. The average molecular weight is 452 g/mol. The zero-order valence-corrected chi connectivity index (χ0v) is 19.5. The van der Waals surface area contributed by atoms with Gasteiger partial charge in [0.25, 0.3) is 0 Å². The van der Waals surface area contributed by atoms with E-state index in [1.807, 2.05) is 42.5 Å². The Labute approximate surface area is 195 Å². The minimum atomic E-state index is -0.362. The minimum absolute atomic E-state index is 0.0300. The van der Waals surface area contributed by atoms with E-state index in [9.17, 15) is 9.59 Å². The van der Waals surface area contributed by atoms with Gasteiger partial charge in [0, 0.05) is 30.8 Å². The fraction of sp³-hybridized carbons (Fsp3) is 0.462. The maximum Gasteiger partial charge on any atom is 0.227 e. The highest BCUT2D eigenvalue weighted by Gasteiger charge is 2.36. The molecule has 2 aliphatic rings. The van der Waals surface area contributed by atoms with Crippen LogP contribution in [-0.2, 0) is 9.59 Å². The molecule has 2 unspecified atom stereocenters. The van der Waals surface area contributed by atoms with E-state index in [4.69, 9.17) is 9.47 Å². The van der Waals surface area contributed by atoms with Crippen LogP contribution in [0.3, 0.4) is 0 Å². The first-order chi connectivity index (χ1) is 16.1. The number of para-hydroxylation sites is 1. The molecule has 0 saturated carbocycles. The van der Waals surface area contributed by atoms with E-state index < -0.39 is 0 Å². The van der Waals surface area contributed by atoms with Crippen LogP contribution in [0, 0.1) is 5.92 Å². The average Bonchev–Trinajstić information content (AvgIpc) is 3.26. The van der Waals surface area contributed by atoms with Crippen LogP contribution in [0.4, 0.5) is 5.69 Å². The number of amides is 2. The first-order valence-corrected chi connectivity index (χ1v) is 11.7. The van der Waals surface area contributed by atoms with Crippen molar-refractivity contribution in [3.05, 3.63) is 54.1 Å². The highest BCUT2D eigenvalue weighted by atomic mass is 16.5. The van der Waals surface area contributed by atoms with Gasteiger partial charge in [-0.1, -0.05) is 24.6 Å². The van der Waals surface area contributed by atoms with Crippen molar-refractivity contribution < 1.29 is 19.1 Å². The van der Waals surface area contributed by atoms with Crippen LogP contribution in [0.15, 0.2) is 48.5 Å². The molecule has 0 bridgehead atoms. The van der Waals surface area contributed by atoms with E-state index in [-0.39, 0.29) is 30.2 Å². The molecule has 0 aliphatic carbocycles. The number of nitrogens with zero attached hydrogens (tertiary/aromatic N) is 2. The Bertz CT molecular complexity index is 956. The van der Waals surface area contributed by atoms with Crippen LogP contribution < -0.4 is 19.7 Å². The summed E-state index contributed by atoms with van der Waals surface area (Å²) in [5.74, 6) is 1.11. The quantitative estimate of drug-likeness (QED) is 0.666. The summed E-state index contributed by atoms with van der Waals surface area (Å²) in [6, 6.07) is 15.4. The number of carbonyl (C=O) groups is 2. The Morgan fingerprint density at radius 2 is 1.76 bits per heavy atom. The normalized spacial score (nSPS) is 19.9. The monoisotopic (exact) mass is 451 g/mol. The molecule has 0 aromatic heterocycles. The smallest absolute Gasteiger partial charge is 0.227 e. The molecule has 0 radical (unpaired) electrons. The van der Waals surface area contributed by atoms with Gasteiger partial charge in [0.2, 0.25) is 11.8 Å². The van der Waals surface area contributed by atoms with Crippen molar-refractivity contribution >= 4 is 17.5 Å². The Hall–Kier alpha value is -3.06. The standard InChI is InChI=1S/C26H33N3O4/c1-32-21-12-10-20(11-13-21)29-18-19(16-25(29)30)26(31)27-17-23(28-14-6-3-7-15-28)22-8-4-5-9-24(22)33-2/h4-5,8-13,19,23H,3,6-7,14-18H2,1-2H3,(H,27,31). The van der Waals surface area contributed by atoms with Crippen LogP contribution in [0.1, 0.15) is 37.3 Å². The summed E-state index contributed by atoms with van der Waals surface area (Å²) < 4.78 is 10.8. The third-order valence-electron chi connectivity index (χ3n) is 6.68. The van der Waals surface area contributed by atoms with E-state index in [1.165, 1.54) is 6.42 Å². The highest BCUT2D eigenvalue weighted by molar-refractivity contribution is 6.00. The molecule has 2 aromatic carbocycles. The second kappa shape index (κ2) is 10.7. The lowest BCUT2D eigenvalue weighted by molar-refractivity contribution is -0.126. The maximum absolute atomic E-state index is 13.1. The molecule has 2 aromatic rings. The topological polar surface area (TPSA) is 71.1 Å². The van der Waals surface area contributed by atoms with Crippen molar-refractivity contribution in [2.75, 3.05) is 45.3 Å². The summed E-state index contributed by atoms with van der Waals surface area (Å²) in [5, 5.41) is 3.15. The predicted octanol–water partition coefficient (Wildman–Crippen LogP) is 3.40. The third kappa shape index (κ3) is 5.30. The number of anilines is 1. The highest BCUT2D eigenvalue weighted by Crippen LogP contribution is 2.31. The SMILES string of the molecule is COc1ccc(N2CC(C(=O)NCC(c3ccccc3OC)N3CCCCC3)CC2=O)cc1. The third-order valence-corrected chi connectivity index (χ3v) is 6.68. The number of carbonyl (C=O) groups excluding carboxylic acids is 2. The van der Waals surface area contributed by atoms with Gasteiger partial charge in [-0.15, -0.1) is 0 Å². The molecule has 2 amide bonds. The van der Waals surface area contributed by atoms with Gasteiger partial charge in [-0.05, 0) is 56.3 Å². The van der Waals surface area contributed by atoms with Gasteiger partial charge < -0.3 is 19.7 Å². The van der Waals surface area contributed by atoms with Gasteiger partial charge in [-0.2, -0.15) is 0 Å². The predicted molar refractivity (Wildman–Crippen MR) is 128 cm³/mol. The number of piperidine rings is 1. The van der Waals surface area contributed by atoms with Gasteiger partial charge in [0.1, 0.15) is 11.5 Å². The number of hydrogen-bond donors (Lipinski definition) is 1. The van der Waals surface area contributed by atoms with Gasteiger partial charge in [0.15, 0.2) is 0 Å². The van der Waals surface area contributed by atoms with Gasteiger partial charge in [-0.3, -0.25) is 14.5 Å². The number of hydrogen-bond acceptors (Lipinski definition) is 5. The van der Waals surface area contributed by atoms with Crippen molar-refractivity contribution in [3.63, 3.8) is 0 Å². The minimum Gasteiger partial charge on any atom is -0.497 e. The molecule has 0 spiro atoms. The summed E-state index contributed by atoms with van der Waals surface area (Å²) in [6.07, 6.45) is 3.79. The van der Waals surface area contributed by atoms with Gasteiger partial charge in [-0.25, -0.2) is 0 Å². The lowest BCUT2D eigenvalue weighted by atomic mass is 10.00. The van der Waals surface area contributed by atoms with Crippen LogP contribution in [-0.4, -0.2) is 57.1 Å². The Morgan fingerprint density at radius 3 is 2.45 bits per heavy atom. The Kier molecular flexibility index (Phi) is 7.50. The van der Waals surface area contributed by atoms with Crippen LogP contribution in [0.5, 0.6) is 11.5 Å². The summed E-state index contributed by atoms with van der Waals surface area (Å²) >= 11 is 0. The van der Waals surface area contributed by atoms with Gasteiger partial charge >= 0.3 is 0 Å². The zero-order valence-electron chi connectivity index (χ0n) is 19.5.